The lowest BCUT2D eigenvalue weighted by atomic mass is 9.98. The monoisotopic (exact) mass is 576 g/mol. The molecule has 1 fully saturated rings. The van der Waals surface area contributed by atoms with Gasteiger partial charge in [0.1, 0.15) is 0 Å². The number of rotatable bonds is 8. The van der Waals surface area contributed by atoms with Crippen LogP contribution >= 0.6 is 35.3 Å². The SMILES string of the molecule is CN=C(NCC(C)Cc1cccs1)NCC1CCN(S(=O)(=O)c2ccccc2)CC1.I. The highest BCUT2D eigenvalue weighted by molar-refractivity contribution is 14.0. The van der Waals surface area contributed by atoms with Crippen molar-refractivity contribution in [3.63, 3.8) is 0 Å². The zero-order valence-corrected chi connectivity index (χ0v) is 22.1. The van der Waals surface area contributed by atoms with Gasteiger partial charge in [0.25, 0.3) is 0 Å². The second kappa shape index (κ2) is 12.8. The first kappa shape index (κ1) is 26.1. The standard InChI is InChI=1S/C22H32N4O2S2.HI/c1-18(15-20-7-6-14-29-20)16-24-22(23-2)25-17-19-10-12-26(13-11-19)30(27,28)21-8-4-3-5-9-21;/h3-9,14,18-19H,10-13,15-17H2,1-2H3,(H2,23,24,25);1H. The smallest absolute Gasteiger partial charge is 0.243 e. The molecular formula is C22H33IN4O2S2. The molecule has 1 aliphatic rings. The van der Waals surface area contributed by atoms with Crippen LogP contribution in [0, 0.1) is 11.8 Å². The summed E-state index contributed by atoms with van der Waals surface area (Å²) in [4.78, 5) is 6.11. The maximum Gasteiger partial charge on any atom is 0.243 e. The van der Waals surface area contributed by atoms with E-state index in [1.807, 2.05) is 6.07 Å². The molecule has 1 atom stereocenters. The molecule has 1 aromatic heterocycles. The quantitative estimate of drug-likeness (QED) is 0.285. The van der Waals surface area contributed by atoms with Gasteiger partial charge in [-0.3, -0.25) is 4.99 Å². The number of aliphatic imine (C=N–C) groups is 1. The molecule has 0 radical (unpaired) electrons. The lowest BCUT2D eigenvalue weighted by molar-refractivity contribution is 0.273. The summed E-state index contributed by atoms with van der Waals surface area (Å²) in [6, 6.07) is 13.0. The van der Waals surface area contributed by atoms with Gasteiger partial charge in [-0.25, -0.2) is 8.42 Å². The highest BCUT2D eigenvalue weighted by Gasteiger charge is 2.29. The summed E-state index contributed by atoms with van der Waals surface area (Å²) in [5, 5.41) is 8.94. The second-order valence-corrected chi connectivity index (χ2v) is 10.9. The van der Waals surface area contributed by atoms with Crippen LogP contribution in [0.15, 0.2) is 57.7 Å². The van der Waals surface area contributed by atoms with E-state index in [9.17, 15) is 8.42 Å². The number of hydrogen-bond donors (Lipinski definition) is 2. The van der Waals surface area contributed by atoms with Crippen LogP contribution < -0.4 is 10.6 Å². The molecule has 6 nitrogen and oxygen atoms in total. The zero-order valence-electron chi connectivity index (χ0n) is 18.2. The van der Waals surface area contributed by atoms with Crippen LogP contribution in [0.5, 0.6) is 0 Å². The van der Waals surface area contributed by atoms with E-state index >= 15 is 0 Å². The van der Waals surface area contributed by atoms with Crippen LogP contribution in [0.1, 0.15) is 24.6 Å². The number of sulfonamides is 1. The van der Waals surface area contributed by atoms with E-state index in [2.05, 4.69) is 40.1 Å². The minimum Gasteiger partial charge on any atom is -0.356 e. The van der Waals surface area contributed by atoms with Crippen LogP contribution in [-0.4, -0.2) is 51.9 Å². The minimum absolute atomic E-state index is 0. The Labute approximate surface area is 207 Å². The van der Waals surface area contributed by atoms with Crippen molar-refractivity contribution >= 4 is 51.3 Å². The summed E-state index contributed by atoms with van der Waals surface area (Å²) in [6.45, 7) is 5.04. The highest BCUT2D eigenvalue weighted by Crippen LogP contribution is 2.23. The molecular weight excluding hydrogens is 543 g/mol. The summed E-state index contributed by atoms with van der Waals surface area (Å²) < 4.78 is 27.1. The van der Waals surface area contributed by atoms with Crippen molar-refractivity contribution in [2.45, 2.75) is 31.1 Å². The van der Waals surface area contributed by atoms with Gasteiger partial charge in [0, 0.05) is 38.1 Å². The average molecular weight is 577 g/mol. The first-order chi connectivity index (χ1) is 14.5. The number of halogens is 1. The van der Waals surface area contributed by atoms with E-state index in [0.29, 0.717) is 29.8 Å². The number of piperidine rings is 1. The van der Waals surface area contributed by atoms with Gasteiger partial charge in [0.15, 0.2) is 5.96 Å². The number of guanidine groups is 1. The van der Waals surface area contributed by atoms with Crippen LogP contribution in [-0.2, 0) is 16.4 Å². The molecule has 3 rings (SSSR count). The summed E-state index contributed by atoms with van der Waals surface area (Å²) in [6.07, 6.45) is 2.77. The maximum absolute atomic E-state index is 12.8. The van der Waals surface area contributed by atoms with Gasteiger partial charge < -0.3 is 10.6 Å². The topological polar surface area (TPSA) is 73.8 Å². The molecule has 2 N–H and O–H groups in total. The van der Waals surface area contributed by atoms with Crippen molar-refractivity contribution < 1.29 is 8.42 Å². The summed E-state index contributed by atoms with van der Waals surface area (Å²) in [5.74, 6) is 1.77. The summed E-state index contributed by atoms with van der Waals surface area (Å²) >= 11 is 1.80. The number of hydrogen-bond acceptors (Lipinski definition) is 4. The third kappa shape index (κ3) is 7.73. The van der Waals surface area contributed by atoms with E-state index in [4.69, 9.17) is 0 Å². The fourth-order valence-corrected chi connectivity index (χ4v) is 6.03. The Bertz CT molecular complexity index is 897. The minimum atomic E-state index is -3.38. The molecule has 0 aliphatic carbocycles. The van der Waals surface area contributed by atoms with E-state index in [1.54, 1.807) is 47.0 Å². The van der Waals surface area contributed by atoms with Gasteiger partial charge in [-0.1, -0.05) is 31.2 Å². The number of thiophene rings is 1. The third-order valence-electron chi connectivity index (χ3n) is 5.48. The molecule has 1 aromatic carbocycles. The molecule has 2 aromatic rings. The second-order valence-electron chi connectivity index (χ2n) is 7.88. The lowest BCUT2D eigenvalue weighted by Crippen LogP contribution is -2.45. The first-order valence-electron chi connectivity index (χ1n) is 10.5. The lowest BCUT2D eigenvalue weighted by Gasteiger charge is -2.31. The molecule has 0 bridgehead atoms. The van der Waals surface area contributed by atoms with Crippen molar-refractivity contribution in [1.82, 2.24) is 14.9 Å². The van der Waals surface area contributed by atoms with Crippen molar-refractivity contribution in [3.8, 4) is 0 Å². The largest absolute Gasteiger partial charge is 0.356 e. The molecule has 2 heterocycles. The van der Waals surface area contributed by atoms with Crippen LogP contribution in [0.25, 0.3) is 0 Å². The van der Waals surface area contributed by atoms with Gasteiger partial charge in [0.2, 0.25) is 10.0 Å². The van der Waals surface area contributed by atoms with Crippen molar-refractivity contribution in [2.75, 3.05) is 33.2 Å². The Morgan fingerprint density at radius 1 is 1.16 bits per heavy atom. The number of nitrogens with one attached hydrogen (secondary N) is 2. The van der Waals surface area contributed by atoms with Crippen molar-refractivity contribution in [3.05, 3.63) is 52.7 Å². The molecule has 9 heteroatoms. The average Bonchev–Trinajstić information content (AvgIpc) is 3.28. The maximum atomic E-state index is 12.8. The predicted molar refractivity (Wildman–Crippen MR) is 140 cm³/mol. The van der Waals surface area contributed by atoms with Gasteiger partial charge in [-0.05, 0) is 54.7 Å². The van der Waals surface area contributed by atoms with Gasteiger partial charge in [-0.15, -0.1) is 35.3 Å². The molecule has 0 saturated carbocycles. The fourth-order valence-electron chi connectivity index (χ4n) is 3.67. The van der Waals surface area contributed by atoms with E-state index < -0.39 is 10.0 Å². The Morgan fingerprint density at radius 3 is 2.48 bits per heavy atom. The number of nitrogens with zero attached hydrogens (tertiary/aromatic N) is 2. The Balaban J connectivity index is 0.00000341. The molecule has 1 aliphatic heterocycles. The van der Waals surface area contributed by atoms with Crippen molar-refractivity contribution in [1.29, 1.82) is 0 Å². The first-order valence-corrected chi connectivity index (χ1v) is 12.8. The highest BCUT2D eigenvalue weighted by atomic mass is 127. The Kier molecular flexibility index (Phi) is 10.7. The van der Waals surface area contributed by atoms with E-state index in [0.717, 1.165) is 38.3 Å². The molecule has 0 spiro atoms. The number of benzene rings is 1. The predicted octanol–water partition coefficient (Wildman–Crippen LogP) is 3.81. The fraction of sp³-hybridized carbons (Fsp3) is 0.500. The van der Waals surface area contributed by atoms with Gasteiger partial charge in [-0.2, -0.15) is 4.31 Å². The van der Waals surface area contributed by atoms with E-state index in [1.165, 1.54) is 4.88 Å². The van der Waals surface area contributed by atoms with Crippen molar-refractivity contribution in [2.24, 2.45) is 16.8 Å². The van der Waals surface area contributed by atoms with Gasteiger partial charge in [0.05, 0.1) is 4.90 Å². The van der Waals surface area contributed by atoms with Gasteiger partial charge >= 0.3 is 0 Å². The molecule has 0 amide bonds. The van der Waals surface area contributed by atoms with Crippen LogP contribution in [0.3, 0.4) is 0 Å². The van der Waals surface area contributed by atoms with Crippen LogP contribution in [0.2, 0.25) is 0 Å². The molecule has 1 unspecified atom stereocenters. The molecule has 31 heavy (non-hydrogen) atoms. The zero-order chi connectivity index (χ0) is 21.4. The Hall–Kier alpha value is -1.17. The normalized spacial score (nSPS) is 17.0. The summed E-state index contributed by atoms with van der Waals surface area (Å²) in [7, 11) is -1.60. The molecule has 1 saturated heterocycles. The third-order valence-corrected chi connectivity index (χ3v) is 8.30. The Morgan fingerprint density at radius 2 is 1.87 bits per heavy atom. The molecule has 172 valence electrons. The summed E-state index contributed by atoms with van der Waals surface area (Å²) in [5.41, 5.74) is 0. The van der Waals surface area contributed by atoms with Crippen LogP contribution in [0.4, 0.5) is 0 Å². The van der Waals surface area contributed by atoms with E-state index in [-0.39, 0.29) is 24.0 Å².